The smallest absolute Gasteiger partial charge is 0.317 e. The molecule has 4 aliphatic carbocycles. The summed E-state index contributed by atoms with van der Waals surface area (Å²) in [4.78, 5) is 86.4. The van der Waals surface area contributed by atoms with E-state index in [1.54, 1.807) is 0 Å². The Morgan fingerprint density at radius 3 is 1.76 bits per heavy atom. The van der Waals surface area contributed by atoms with E-state index in [1.807, 2.05) is 0 Å². The van der Waals surface area contributed by atoms with E-state index in [9.17, 15) is 59.1 Å². The Kier molecular flexibility index (Phi) is 16.7. The number of carboxylic acids is 5. The lowest BCUT2D eigenvalue weighted by molar-refractivity contribution is -0.202. The summed E-state index contributed by atoms with van der Waals surface area (Å²) >= 11 is 0. The third-order valence-corrected chi connectivity index (χ3v) is 14.4. The molecule has 4 aliphatic rings. The van der Waals surface area contributed by atoms with E-state index in [4.69, 9.17) is 10.2 Å². The van der Waals surface area contributed by atoms with Crippen molar-refractivity contribution < 1.29 is 69.3 Å². The molecule has 19 heteroatoms. The van der Waals surface area contributed by atoms with E-state index < -0.39 is 92.0 Å². The molecule has 19 nitrogen and oxygen atoms in total. The van der Waals surface area contributed by atoms with E-state index in [-0.39, 0.29) is 86.1 Å². The van der Waals surface area contributed by atoms with Crippen LogP contribution in [-0.4, -0.2) is 176 Å². The second-order valence-corrected chi connectivity index (χ2v) is 18.1. The monoisotopic (exact) mass is 839 g/mol. The second kappa shape index (κ2) is 20.6. The van der Waals surface area contributed by atoms with Crippen LogP contribution in [0.25, 0.3) is 0 Å². The summed E-state index contributed by atoms with van der Waals surface area (Å²) in [7, 11) is 0. The SMILES string of the molecule is C[C@H](CCC(=O)O)[C@H]1CC[C@H]2[C@@H]3[C@H](O)C[C@@H]4C[C@@H](NC(=O)CNC(=O)CN(CCN(CCN(CC(=O)O)CC(=O)O)CC(=O)O)CC(=O)O)CC[C@]4(C)[C@H]3C[C@H](O)[C@]12C. The fourth-order valence-electron chi connectivity index (χ4n) is 11.6. The van der Waals surface area contributed by atoms with E-state index >= 15 is 0 Å². The van der Waals surface area contributed by atoms with E-state index in [0.29, 0.717) is 32.1 Å². The molecule has 4 fully saturated rings. The van der Waals surface area contributed by atoms with Crippen LogP contribution in [0.4, 0.5) is 0 Å². The van der Waals surface area contributed by atoms with Crippen LogP contribution in [0.3, 0.4) is 0 Å². The number of fused-ring (bicyclic) bond motifs is 5. The first kappa shape index (κ1) is 47.8. The number of aliphatic hydroxyl groups excluding tert-OH is 2. The fourth-order valence-corrected chi connectivity index (χ4v) is 11.6. The predicted molar refractivity (Wildman–Crippen MR) is 209 cm³/mol. The van der Waals surface area contributed by atoms with Crippen molar-refractivity contribution in [2.24, 2.45) is 46.3 Å². The van der Waals surface area contributed by atoms with Gasteiger partial charge in [-0.3, -0.25) is 48.3 Å². The van der Waals surface area contributed by atoms with Gasteiger partial charge in [-0.05, 0) is 97.7 Å². The number of nitrogens with zero attached hydrogens (tertiary/aromatic N) is 3. The molecule has 0 aliphatic heterocycles. The van der Waals surface area contributed by atoms with Crippen LogP contribution >= 0.6 is 0 Å². The van der Waals surface area contributed by atoms with Gasteiger partial charge >= 0.3 is 29.8 Å². The minimum absolute atomic E-state index is 0.0293. The molecule has 0 aromatic carbocycles. The molecule has 0 unspecified atom stereocenters. The molecule has 0 aromatic rings. The lowest BCUT2D eigenvalue weighted by Gasteiger charge is -2.63. The first-order valence-corrected chi connectivity index (χ1v) is 20.8. The van der Waals surface area contributed by atoms with Gasteiger partial charge in [0.2, 0.25) is 11.8 Å². The number of hydrogen-bond donors (Lipinski definition) is 9. The minimum Gasteiger partial charge on any atom is -0.481 e. The van der Waals surface area contributed by atoms with Gasteiger partial charge < -0.3 is 46.4 Å². The number of carboxylic acid groups (broad SMARTS) is 5. The zero-order valence-electron chi connectivity index (χ0n) is 34.5. The maximum atomic E-state index is 13.1. The Bertz CT molecular complexity index is 1530. The molecule has 9 N–H and O–H groups in total. The number of carbonyl (C=O) groups is 7. The number of rotatable bonds is 23. The number of aliphatic hydroxyl groups is 2. The fraction of sp³-hybridized carbons (Fsp3) is 0.825. The molecule has 0 aromatic heterocycles. The van der Waals surface area contributed by atoms with E-state index in [0.717, 1.165) is 24.2 Å². The molecule has 0 radical (unpaired) electrons. The summed E-state index contributed by atoms with van der Waals surface area (Å²) in [5.74, 6) is -6.20. The molecule has 0 heterocycles. The highest BCUT2D eigenvalue weighted by Gasteiger charge is 2.65. The highest BCUT2D eigenvalue weighted by Crippen LogP contribution is 2.68. The van der Waals surface area contributed by atoms with E-state index in [2.05, 4.69) is 31.4 Å². The Morgan fingerprint density at radius 1 is 0.661 bits per heavy atom. The number of aliphatic carboxylic acids is 5. The van der Waals surface area contributed by atoms with Gasteiger partial charge in [0, 0.05) is 38.6 Å². The standard InChI is InChI=1S/C40H65N5O14/c1-23(4-7-33(50)51)26-5-6-27-38-28(16-30(47)40(26,27)3)39(2)9-8-25(14-24(39)15-29(38)46)42-31(48)17-41-32(49)18-44(20-35(54)55)12-10-43(19-34(52)53)11-13-45(21-36(56)57)22-37(58)59/h23-30,38,46-47H,4-22H2,1-3H3,(H,41,49)(H,42,48)(H,50,51)(H,52,53)(H,54,55)(H,56,57)(H,58,59)/t23-,24+,25+,26-,27+,28+,29-,30+,38+,39+,40-/m1/s1. The molecular weight excluding hydrogens is 774 g/mol. The molecule has 0 spiro atoms. The van der Waals surface area contributed by atoms with Crippen LogP contribution < -0.4 is 10.6 Å². The zero-order valence-corrected chi connectivity index (χ0v) is 34.5. The Hall–Kier alpha value is -3.91. The lowest BCUT2D eigenvalue weighted by atomic mass is 9.43. The van der Waals surface area contributed by atoms with Gasteiger partial charge in [0.15, 0.2) is 0 Å². The van der Waals surface area contributed by atoms with Crippen molar-refractivity contribution in [3.63, 3.8) is 0 Å². The van der Waals surface area contributed by atoms with Crippen LogP contribution in [0.2, 0.25) is 0 Å². The summed E-state index contributed by atoms with van der Waals surface area (Å²) in [6.07, 6.45) is 4.56. The van der Waals surface area contributed by atoms with Crippen molar-refractivity contribution in [2.45, 2.75) is 96.8 Å². The molecule has 2 amide bonds. The van der Waals surface area contributed by atoms with E-state index in [1.165, 1.54) is 9.80 Å². The quantitative estimate of drug-likeness (QED) is 0.0651. The lowest BCUT2D eigenvalue weighted by Crippen LogP contribution is -2.63. The first-order chi connectivity index (χ1) is 27.6. The number of nitrogens with one attached hydrogen (secondary N) is 2. The Balaban J connectivity index is 1.28. The summed E-state index contributed by atoms with van der Waals surface area (Å²) in [5, 5.41) is 75.4. The summed E-state index contributed by atoms with van der Waals surface area (Å²) in [6, 6.07) is -0.198. The minimum atomic E-state index is -1.26. The average molecular weight is 840 g/mol. The largest absolute Gasteiger partial charge is 0.481 e. The van der Waals surface area contributed by atoms with Crippen molar-refractivity contribution in [1.82, 2.24) is 25.3 Å². The van der Waals surface area contributed by atoms with Crippen LogP contribution in [0.15, 0.2) is 0 Å². The molecule has 0 saturated heterocycles. The molecule has 4 saturated carbocycles. The molecule has 334 valence electrons. The van der Waals surface area contributed by atoms with Crippen molar-refractivity contribution in [3.8, 4) is 0 Å². The Morgan fingerprint density at radius 2 is 1.20 bits per heavy atom. The van der Waals surface area contributed by atoms with Gasteiger partial charge in [-0.1, -0.05) is 20.8 Å². The van der Waals surface area contributed by atoms with Crippen LogP contribution in [-0.2, 0) is 33.6 Å². The number of carbonyl (C=O) groups excluding carboxylic acids is 2. The summed E-state index contributed by atoms with van der Waals surface area (Å²) in [5.41, 5.74) is -0.555. The normalized spacial score (nSPS) is 31.8. The molecule has 4 rings (SSSR count). The third-order valence-electron chi connectivity index (χ3n) is 14.4. The van der Waals surface area contributed by atoms with Crippen LogP contribution in [0.1, 0.15) is 78.6 Å². The van der Waals surface area contributed by atoms with Crippen molar-refractivity contribution in [3.05, 3.63) is 0 Å². The van der Waals surface area contributed by atoms with Gasteiger partial charge in [-0.2, -0.15) is 0 Å². The highest BCUT2D eigenvalue weighted by molar-refractivity contribution is 5.86. The Labute approximate surface area is 344 Å². The third kappa shape index (κ3) is 12.3. The first-order valence-electron chi connectivity index (χ1n) is 20.8. The van der Waals surface area contributed by atoms with Gasteiger partial charge in [-0.15, -0.1) is 0 Å². The summed E-state index contributed by atoms with van der Waals surface area (Å²) < 4.78 is 0. The van der Waals surface area contributed by atoms with Crippen molar-refractivity contribution in [2.75, 3.05) is 65.4 Å². The molecular formula is C40H65N5O14. The van der Waals surface area contributed by atoms with Crippen molar-refractivity contribution >= 4 is 41.7 Å². The number of amides is 2. The van der Waals surface area contributed by atoms with Crippen LogP contribution in [0, 0.1) is 46.3 Å². The second-order valence-electron chi connectivity index (χ2n) is 18.1. The van der Waals surface area contributed by atoms with Crippen LogP contribution in [0.5, 0.6) is 0 Å². The topological polar surface area (TPSA) is 295 Å². The maximum Gasteiger partial charge on any atom is 0.317 e. The maximum absolute atomic E-state index is 13.1. The molecule has 59 heavy (non-hydrogen) atoms. The summed E-state index contributed by atoms with van der Waals surface area (Å²) in [6.45, 7) is 3.25. The predicted octanol–water partition coefficient (Wildman–Crippen LogP) is -0.0668. The average Bonchev–Trinajstić information content (AvgIpc) is 3.49. The van der Waals surface area contributed by atoms with Gasteiger partial charge in [0.05, 0.1) is 51.5 Å². The van der Waals surface area contributed by atoms with Crippen molar-refractivity contribution in [1.29, 1.82) is 0 Å². The molecule has 11 atom stereocenters. The van der Waals surface area contributed by atoms with Gasteiger partial charge in [-0.25, -0.2) is 0 Å². The number of hydrogen-bond acceptors (Lipinski definition) is 12. The van der Waals surface area contributed by atoms with Gasteiger partial charge in [0.1, 0.15) is 0 Å². The molecule has 0 bridgehead atoms. The zero-order chi connectivity index (χ0) is 43.8. The highest BCUT2D eigenvalue weighted by atomic mass is 16.4. The van der Waals surface area contributed by atoms with Gasteiger partial charge in [0.25, 0.3) is 0 Å².